The third-order valence-corrected chi connectivity index (χ3v) is 6.04. The summed E-state index contributed by atoms with van der Waals surface area (Å²) in [5.74, 6) is -2.46. The van der Waals surface area contributed by atoms with Gasteiger partial charge in [0.15, 0.2) is 11.5 Å². The first kappa shape index (κ1) is 31.1. The van der Waals surface area contributed by atoms with Crippen molar-refractivity contribution in [3.05, 3.63) is 35.4 Å². The molecule has 1 atom stereocenters. The van der Waals surface area contributed by atoms with E-state index in [0.717, 1.165) is 0 Å². The Balaban J connectivity index is 2.09. The Labute approximate surface area is 238 Å². The van der Waals surface area contributed by atoms with Crippen LogP contribution >= 0.6 is 0 Å². The van der Waals surface area contributed by atoms with Crippen molar-refractivity contribution >= 4 is 29.8 Å². The lowest BCUT2D eigenvalue weighted by molar-refractivity contribution is -0.137. The van der Waals surface area contributed by atoms with Crippen LogP contribution < -0.4 is 28.4 Å². The molecule has 0 radical (unpaired) electrons. The molecule has 0 spiro atoms. The second-order valence-electron chi connectivity index (χ2n) is 9.03. The van der Waals surface area contributed by atoms with Crippen molar-refractivity contribution in [2.75, 3.05) is 0 Å². The maximum absolute atomic E-state index is 12.2. The van der Waals surface area contributed by atoms with Crippen LogP contribution in [-0.2, 0) is 30.4 Å². The van der Waals surface area contributed by atoms with E-state index in [0.29, 0.717) is 29.7 Å². The summed E-state index contributed by atoms with van der Waals surface area (Å²) in [6.45, 7) is 8.12. The number of hydrogen-bond donors (Lipinski definition) is 0. The van der Waals surface area contributed by atoms with Crippen molar-refractivity contribution in [2.45, 2.75) is 85.7 Å². The number of fused-ring (bicyclic) bond motifs is 1. The van der Waals surface area contributed by atoms with Gasteiger partial charge in [-0.05, 0) is 25.0 Å². The molecule has 11 nitrogen and oxygen atoms in total. The van der Waals surface area contributed by atoms with Gasteiger partial charge in [-0.25, -0.2) is 0 Å². The van der Waals surface area contributed by atoms with Crippen LogP contribution in [0.4, 0.5) is 0 Å². The summed E-state index contributed by atoms with van der Waals surface area (Å²) in [5.41, 5.74) is 1.08. The molecule has 0 saturated carbocycles. The number of rotatable bonds is 11. The molecule has 2 aromatic rings. The van der Waals surface area contributed by atoms with Gasteiger partial charge in [0.25, 0.3) is 0 Å². The van der Waals surface area contributed by atoms with Gasteiger partial charge in [0, 0.05) is 55.4 Å². The molecule has 0 fully saturated rings. The highest BCUT2D eigenvalue weighted by atomic mass is 16.6. The van der Waals surface area contributed by atoms with Crippen LogP contribution in [0.2, 0.25) is 0 Å². The van der Waals surface area contributed by atoms with Gasteiger partial charge in [-0.15, -0.1) is 0 Å². The predicted octanol–water partition coefficient (Wildman–Crippen LogP) is 5.33. The lowest BCUT2D eigenvalue weighted by atomic mass is 9.96. The Morgan fingerprint density at radius 1 is 0.634 bits per heavy atom. The Morgan fingerprint density at radius 3 is 1.61 bits per heavy atom. The average Bonchev–Trinajstić information content (AvgIpc) is 2.97. The molecule has 41 heavy (non-hydrogen) atoms. The van der Waals surface area contributed by atoms with Gasteiger partial charge in [-0.2, -0.15) is 0 Å². The normalized spacial score (nSPS) is 13.7. The lowest BCUT2D eigenvalue weighted by Crippen LogP contribution is -2.19. The van der Waals surface area contributed by atoms with E-state index < -0.39 is 36.0 Å². The number of esters is 5. The van der Waals surface area contributed by atoms with Gasteiger partial charge in [-0.1, -0.05) is 34.6 Å². The van der Waals surface area contributed by atoms with Crippen LogP contribution in [0.5, 0.6) is 34.5 Å². The Bertz CT molecular complexity index is 1290. The molecule has 1 heterocycles. The highest BCUT2D eigenvalue weighted by molar-refractivity contribution is 5.80. The quantitative estimate of drug-likeness (QED) is 0.256. The monoisotopic (exact) mass is 570 g/mol. The fraction of sp³-hybridized carbons (Fsp3) is 0.433. The van der Waals surface area contributed by atoms with Crippen LogP contribution in [0.15, 0.2) is 24.3 Å². The van der Waals surface area contributed by atoms with E-state index in [1.165, 1.54) is 24.3 Å². The van der Waals surface area contributed by atoms with Crippen molar-refractivity contribution in [3.8, 4) is 34.5 Å². The van der Waals surface area contributed by atoms with Crippen molar-refractivity contribution in [1.82, 2.24) is 0 Å². The Hall–Kier alpha value is -4.41. The zero-order valence-electron chi connectivity index (χ0n) is 23.8. The number of ether oxygens (including phenoxy) is 6. The molecule has 1 aliphatic heterocycles. The van der Waals surface area contributed by atoms with E-state index in [-0.39, 0.29) is 60.9 Å². The van der Waals surface area contributed by atoms with Crippen LogP contribution in [0.3, 0.4) is 0 Å². The molecule has 3 rings (SSSR count). The van der Waals surface area contributed by atoms with Crippen molar-refractivity contribution in [1.29, 1.82) is 0 Å². The lowest BCUT2D eigenvalue weighted by Gasteiger charge is -2.29. The molecule has 0 aliphatic carbocycles. The van der Waals surface area contributed by atoms with E-state index in [4.69, 9.17) is 28.4 Å². The van der Waals surface area contributed by atoms with Gasteiger partial charge in [0.1, 0.15) is 23.4 Å². The third-order valence-electron chi connectivity index (χ3n) is 6.04. The summed E-state index contributed by atoms with van der Waals surface area (Å²) in [6.07, 6.45) is 0.556. The van der Waals surface area contributed by atoms with Gasteiger partial charge in [0.2, 0.25) is 5.75 Å². The zero-order chi connectivity index (χ0) is 30.1. The van der Waals surface area contributed by atoms with Gasteiger partial charge in [-0.3, -0.25) is 24.0 Å². The highest BCUT2D eigenvalue weighted by Crippen LogP contribution is 2.46. The third kappa shape index (κ3) is 8.06. The minimum Gasteiger partial charge on any atom is -0.485 e. The van der Waals surface area contributed by atoms with Crippen LogP contribution in [0.1, 0.15) is 90.4 Å². The molecule has 0 saturated heterocycles. The summed E-state index contributed by atoms with van der Waals surface area (Å²) in [5, 5.41) is 0. The molecular formula is C30H34O11. The van der Waals surface area contributed by atoms with Crippen LogP contribution in [0.25, 0.3) is 0 Å². The van der Waals surface area contributed by atoms with E-state index in [9.17, 15) is 24.0 Å². The van der Waals surface area contributed by atoms with Gasteiger partial charge < -0.3 is 28.4 Å². The summed E-state index contributed by atoms with van der Waals surface area (Å²) >= 11 is 0. The minimum atomic E-state index is -0.650. The van der Waals surface area contributed by atoms with Crippen LogP contribution in [-0.4, -0.2) is 29.8 Å². The molecule has 1 aliphatic rings. The number of carbonyl (C=O) groups excluding carboxylic acids is 5. The maximum Gasteiger partial charge on any atom is 0.311 e. The number of benzene rings is 2. The van der Waals surface area contributed by atoms with Crippen molar-refractivity contribution in [2.24, 2.45) is 0 Å². The number of hydrogen-bond acceptors (Lipinski definition) is 11. The Kier molecular flexibility index (Phi) is 10.8. The second-order valence-corrected chi connectivity index (χ2v) is 9.03. The van der Waals surface area contributed by atoms with Crippen LogP contribution in [0, 0.1) is 0 Å². The van der Waals surface area contributed by atoms with Gasteiger partial charge >= 0.3 is 29.8 Å². The smallest absolute Gasteiger partial charge is 0.311 e. The average molecular weight is 571 g/mol. The molecular weight excluding hydrogens is 536 g/mol. The Morgan fingerprint density at radius 2 is 1.10 bits per heavy atom. The predicted molar refractivity (Wildman–Crippen MR) is 144 cm³/mol. The maximum atomic E-state index is 12.2. The van der Waals surface area contributed by atoms with E-state index >= 15 is 0 Å². The summed E-state index contributed by atoms with van der Waals surface area (Å²) in [6, 6.07) is 5.99. The molecule has 0 N–H and O–H groups in total. The van der Waals surface area contributed by atoms with E-state index in [1.807, 2.05) is 0 Å². The SMILES string of the molecule is CCC(=O)Oc1cc(OC(=O)CC)c2c(c1)O[C@H](c1cc(OC(=O)CC)c(OC(=O)CC)c(OC(=O)CC)c1)CC2. The van der Waals surface area contributed by atoms with Crippen molar-refractivity contribution in [3.63, 3.8) is 0 Å². The second kappa shape index (κ2) is 14.3. The molecule has 220 valence electrons. The fourth-order valence-corrected chi connectivity index (χ4v) is 3.83. The molecule has 0 aromatic heterocycles. The first-order chi connectivity index (χ1) is 19.6. The molecule has 11 heteroatoms. The first-order valence-corrected chi connectivity index (χ1v) is 13.7. The van der Waals surface area contributed by atoms with Gasteiger partial charge in [0.05, 0.1) is 0 Å². The standard InChI is InChI=1S/C30H34O11/c1-6-25(31)36-18-15-21-19(22(16-18)38-26(32)7-2)11-12-20(37-21)17-13-23(39-27(33)8-3)30(41-29(35)10-5)24(14-17)40-28(34)9-4/h13-16,20H,6-12H2,1-5H3/t20-/m0/s1. The number of carbonyl (C=O) groups is 5. The summed E-state index contributed by atoms with van der Waals surface area (Å²) in [4.78, 5) is 60.7. The fourth-order valence-electron chi connectivity index (χ4n) is 3.83. The first-order valence-electron chi connectivity index (χ1n) is 13.7. The molecule has 0 amide bonds. The molecule has 0 bridgehead atoms. The molecule has 2 aromatic carbocycles. The van der Waals surface area contributed by atoms with Crippen molar-refractivity contribution < 1.29 is 52.4 Å². The summed E-state index contributed by atoms with van der Waals surface area (Å²) < 4.78 is 33.5. The molecule has 0 unspecified atom stereocenters. The van der Waals surface area contributed by atoms with E-state index in [2.05, 4.69) is 0 Å². The highest BCUT2D eigenvalue weighted by Gasteiger charge is 2.30. The topological polar surface area (TPSA) is 141 Å². The zero-order valence-corrected chi connectivity index (χ0v) is 23.8. The largest absolute Gasteiger partial charge is 0.485 e. The minimum absolute atomic E-state index is 0.0302. The van der Waals surface area contributed by atoms with E-state index in [1.54, 1.807) is 34.6 Å². The summed E-state index contributed by atoms with van der Waals surface area (Å²) in [7, 11) is 0.